The third kappa shape index (κ3) is 4.07. The van der Waals surface area contributed by atoms with Crippen LogP contribution in [0.2, 0.25) is 0 Å². The van der Waals surface area contributed by atoms with Gasteiger partial charge in [-0.1, -0.05) is 36.9 Å². The number of aliphatic imine (C=N–C) groups is 1. The summed E-state index contributed by atoms with van der Waals surface area (Å²) in [6, 6.07) is 8.49. The molecule has 6 heteroatoms. The minimum Gasteiger partial charge on any atom is -0.299 e. The Labute approximate surface area is 173 Å². The molecule has 0 saturated heterocycles. The second-order valence-electron chi connectivity index (χ2n) is 6.76. The molecular weight excluding hydrogens is 379 g/mol. The third-order valence-corrected chi connectivity index (χ3v) is 4.75. The molecule has 0 amide bonds. The Balaban J connectivity index is 1.69. The molecule has 3 heterocycles. The van der Waals surface area contributed by atoms with E-state index in [2.05, 4.69) is 21.5 Å². The van der Waals surface area contributed by atoms with Crippen LogP contribution >= 0.6 is 0 Å². The molecule has 30 heavy (non-hydrogen) atoms. The summed E-state index contributed by atoms with van der Waals surface area (Å²) in [5.74, 6) is -0.390. The summed E-state index contributed by atoms with van der Waals surface area (Å²) in [4.78, 5) is 24.8. The average Bonchev–Trinajstić information content (AvgIpc) is 2.77. The zero-order chi connectivity index (χ0) is 20.9. The Bertz CT molecular complexity index is 1300. The smallest absolute Gasteiger partial charge is 0.269 e. The maximum atomic E-state index is 15.0. The molecule has 0 aliphatic carbocycles. The number of hydrogen-bond acceptors (Lipinski definition) is 4. The van der Waals surface area contributed by atoms with Gasteiger partial charge in [-0.15, -0.1) is 0 Å². The predicted octanol–water partition coefficient (Wildman–Crippen LogP) is 4.12. The molecule has 5 nitrogen and oxygen atoms in total. The summed E-state index contributed by atoms with van der Waals surface area (Å²) in [5, 5.41) is 0. The van der Waals surface area contributed by atoms with Crippen molar-refractivity contribution in [2.24, 2.45) is 4.99 Å². The molecule has 0 atom stereocenters. The highest BCUT2D eigenvalue weighted by atomic mass is 19.1. The minimum absolute atomic E-state index is 0.0920. The number of allylic oxidation sites excluding steroid dienone is 5. The van der Waals surface area contributed by atoms with E-state index in [1.807, 2.05) is 30.4 Å². The van der Waals surface area contributed by atoms with Gasteiger partial charge >= 0.3 is 0 Å². The van der Waals surface area contributed by atoms with Crippen molar-refractivity contribution in [3.8, 4) is 0 Å². The molecule has 0 unspecified atom stereocenters. The van der Waals surface area contributed by atoms with E-state index in [0.29, 0.717) is 23.3 Å². The number of rotatable bonds is 5. The molecule has 1 aliphatic heterocycles. The lowest BCUT2D eigenvalue weighted by Crippen LogP contribution is -2.21. The van der Waals surface area contributed by atoms with E-state index < -0.39 is 0 Å². The fraction of sp³-hybridized carbons (Fsp3) is 0.0833. The number of hydrogen-bond donors (Lipinski definition) is 0. The lowest BCUT2D eigenvalue weighted by molar-refractivity contribution is 0.598. The van der Waals surface area contributed by atoms with Crippen LogP contribution < -0.4 is 5.56 Å². The summed E-state index contributed by atoms with van der Waals surface area (Å²) >= 11 is 0. The highest BCUT2D eigenvalue weighted by Crippen LogP contribution is 2.22. The van der Waals surface area contributed by atoms with Crippen LogP contribution in [0.3, 0.4) is 0 Å². The van der Waals surface area contributed by atoms with Crippen LogP contribution in [0.4, 0.5) is 4.39 Å². The van der Waals surface area contributed by atoms with Gasteiger partial charge in [0.25, 0.3) is 5.56 Å². The molecule has 2 aromatic heterocycles. The van der Waals surface area contributed by atoms with Crippen molar-refractivity contribution in [3.05, 3.63) is 113 Å². The zero-order valence-corrected chi connectivity index (χ0v) is 16.2. The van der Waals surface area contributed by atoms with Crippen molar-refractivity contribution in [3.63, 3.8) is 0 Å². The van der Waals surface area contributed by atoms with Gasteiger partial charge in [0.15, 0.2) is 5.65 Å². The number of benzene rings is 1. The number of nitrogens with zero attached hydrogens (tertiary/aromatic N) is 4. The zero-order valence-electron chi connectivity index (χ0n) is 16.2. The SMILES string of the molecule is C=C/C=C(\C=C1\C=CC=NC1)c1ccc(Cn2c(=O)cnc3ncccc32)c(F)c1. The quantitative estimate of drug-likeness (QED) is 0.608. The summed E-state index contributed by atoms with van der Waals surface area (Å²) in [5.41, 5.74) is 3.70. The van der Waals surface area contributed by atoms with Gasteiger partial charge < -0.3 is 0 Å². The average molecular weight is 398 g/mol. The lowest BCUT2D eigenvalue weighted by Gasteiger charge is -2.12. The van der Waals surface area contributed by atoms with Gasteiger partial charge in [-0.25, -0.2) is 14.4 Å². The molecule has 0 radical (unpaired) electrons. The maximum Gasteiger partial charge on any atom is 0.269 e. The number of aromatic nitrogens is 3. The van der Waals surface area contributed by atoms with Gasteiger partial charge in [-0.2, -0.15) is 0 Å². The number of fused-ring (bicyclic) bond motifs is 1. The second-order valence-corrected chi connectivity index (χ2v) is 6.76. The second kappa shape index (κ2) is 8.61. The molecule has 0 spiro atoms. The van der Waals surface area contributed by atoms with E-state index in [0.717, 1.165) is 16.7 Å². The van der Waals surface area contributed by atoms with E-state index in [1.165, 1.54) is 16.8 Å². The van der Waals surface area contributed by atoms with Gasteiger partial charge in [0, 0.05) is 18.0 Å². The summed E-state index contributed by atoms with van der Waals surface area (Å²) in [6.45, 7) is 4.43. The Kier molecular flexibility index (Phi) is 5.57. The van der Waals surface area contributed by atoms with E-state index in [9.17, 15) is 9.18 Å². The molecule has 0 N–H and O–H groups in total. The predicted molar refractivity (Wildman–Crippen MR) is 118 cm³/mol. The van der Waals surface area contributed by atoms with Gasteiger partial charge in [-0.3, -0.25) is 14.4 Å². The van der Waals surface area contributed by atoms with Crippen LogP contribution in [-0.4, -0.2) is 27.3 Å². The third-order valence-electron chi connectivity index (χ3n) is 4.75. The Morgan fingerprint density at radius 3 is 2.93 bits per heavy atom. The molecule has 4 rings (SSSR count). The molecule has 3 aromatic rings. The first-order valence-electron chi connectivity index (χ1n) is 9.45. The largest absolute Gasteiger partial charge is 0.299 e. The molecule has 1 aliphatic rings. The monoisotopic (exact) mass is 398 g/mol. The Hall–Kier alpha value is -3.93. The first-order valence-corrected chi connectivity index (χ1v) is 9.45. The molecule has 0 bridgehead atoms. The summed E-state index contributed by atoms with van der Waals surface area (Å²) in [6.07, 6.45) is 13.9. The van der Waals surface area contributed by atoms with E-state index in [1.54, 1.807) is 36.7 Å². The van der Waals surface area contributed by atoms with Gasteiger partial charge in [-0.05, 0) is 47.1 Å². The number of dihydropyridines is 1. The van der Waals surface area contributed by atoms with Crippen molar-refractivity contribution in [2.75, 3.05) is 6.54 Å². The van der Waals surface area contributed by atoms with E-state index >= 15 is 0 Å². The van der Waals surface area contributed by atoms with Gasteiger partial charge in [0.1, 0.15) is 5.82 Å². The molecule has 1 aromatic carbocycles. The molecule has 0 fully saturated rings. The van der Waals surface area contributed by atoms with Crippen molar-refractivity contribution in [2.45, 2.75) is 6.54 Å². The van der Waals surface area contributed by atoms with Crippen LogP contribution in [-0.2, 0) is 6.54 Å². The number of halogens is 1. The van der Waals surface area contributed by atoms with Crippen molar-refractivity contribution in [1.29, 1.82) is 0 Å². The van der Waals surface area contributed by atoms with Crippen LogP contribution in [0.5, 0.6) is 0 Å². The first kappa shape index (κ1) is 19.4. The Morgan fingerprint density at radius 2 is 2.17 bits per heavy atom. The fourth-order valence-electron chi connectivity index (χ4n) is 3.28. The van der Waals surface area contributed by atoms with Crippen LogP contribution in [0.15, 0.2) is 95.0 Å². The molecule has 0 saturated carbocycles. The first-order chi connectivity index (χ1) is 14.7. The highest BCUT2D eigenvalue weighted by molar-refractivity contribution is 5.79. The Morgan fingerprint density at radius 1 is 1.27 bits per heavy atom. The number of pyridine rings is 1. The van der Waals surface area contributed by atoms with Crippen molar-refractivity contribution in [1.82, 2.24) is 14.5 Å². The molecular formula is C24H19FN4O. The standard InChI is InChI=1S/C24H19FN4O/c1-2-5-18(12-17-6-3-10-26-14-17)19-8-9-20(21(25)13-19)16-29-22-7-4-11-27-24(22)28-15-23(29)30/h2-13,15H,1,14,16H2/b17-12-,18-5+. The fourth-order valence-corrected chi connectivity index (χ4v) is 3.28. The van der Waals surface area contributed by atoms with Crippen LogP contribution in [0, 0.1) is 5.82 Å². The van der Waals surface area contributed by atoms with Crippen LogP contribution in [0.25, 0.3) is 16.7 Å². The van der Waals surface area contributed by atoms with Gasteiger partial charge in [0.05, 0.1) is 24.8 Å². The van der Waals surface area contributed by atoms with E-state index in [-0.39, 0.29) is 17.9 Å². The topological polar surface area (TPSA) is 60.1 Å². The summed E-state index contributed by atoms with van der Waals surface area (Å²) in [7, 11) is 0. The summed E-state index contributed by atoms with van der Waals surface area (Å²) < 4.78 is 16.5. The van der Waals surface area contributed by atoms with Crippen LogP contribution in [0.1, 0.15) is 11.1 Å². The normalized spacial score (nSPS) is 15.1. The highest BCUT2D eigenvalue weighted by Gasteiger charge is 2.11. The molecule has 148 valence electrons. The van der Waals surface area contributed by atoms with Crippen molar-refractivity contribution >= 4 is 23.0 Å². The lowest BCUT2D eigenvalue weighted by atomic mass is 10.00. The van der Waals surface area contributed by atoms with E-state index in [4.69, 9.17) is 0 Å². The van der Waals surface area contributed by atoms with Gasteiger partial charge in [0.2, 0.25) is 0 Å². The minimum atomic E-state index is -0.390. The maximum absolute atomic E-state index is 15.0. The van der Waals surface area contributed by atoms with Crippen molar-refractivity contribution < 1.29 is 4.39 Å².